The van der Waals surface area contributed by atoms with Gasteiger partial charge >= 0.3 is 0 Å². The molecule has 1 atom stereocenters. The Morgan fingerprint density at radius 3 is 2.75 bits per heavy atom. The molecule has 3 heterocycles. The van der Waals surface area contributed by atoms with E-state index in [1.807, 2.05) is 7.05 Å². The molecule has 0 saturated carbocycles. The number of nitrogens with zero attached hydrogens (tertiary/aromatic N) is 4. The van der Waals surface area contributed by atoms with Gasteiger partial charge in [0.05, 0.1) is 10.7 Å². The van der Waals surface area contributed by atoms with Crippen molar-refractivity contribution in [3.63, 3.8) is 0 Å². The van der Waals surface area contributed by atoms with Gasteiger partial charge in [-0.1, -0.05) is 12.2 Å². The van der Waals surface area contributed by atoms with E-state index in [4.69, 9.17) is 0 Å². The number of likely N-dealkylation sites (tertiary alicyclic amines) is 1. The number of aromatic nitrogens is 1. The number of nitrogens with one attached hydrogen (secondary N) is 1. The number of rotatable bonds is 4. The van der Waals surface area contributed by atoms with Gasteiger partial charge in [-0.05, 0) is 20.3 Å². The molecule has 0 spiro atoms. The van der Waals surface area contributed by atoms with E-state index in [2.05, 4.69) is 51.1 Å². The topological polar surface area (TPSA) is 43.8 Å². The summed E-state index contributed by atoms with van der Waals surface area (Å²) >= 11 is 1.80. The maximum absolute atomic E-state index is 4.50. The monoisotopic (exact) mass is 461 g/mol. The van der Waals surface area contributed by atoms with Crippen LogP contribution in [0.5, 0.6) is 0 Å². The molecule has 5 nitrogen and oxygen atoms in total. The molecule has 3 rings (SSSR count). The highest BCUT2D eigenvalue weighted by molar-refractivity contribution is 14.0. The molecule has 0 bridgehead atoms. The number of halogens is 1. The first-order valence-corrected chi connectivity index (χ1v) is 9.26. The van der Waals surface area contributed by atoms with Crippen molar-refractivity contribution in [3.05, 3.63) is 27.7 Å². The largest absolute Gasteiger partial charge is 0.356 e. The van der Waals surface area contributed by atoms with Crippen LogP contribution in [0.3, 0.4) is 0 Å². The summed E-state index contributed by atoms with van der Waals surface area (Å²) in [6.07, 6.45) is 6.80. The molecule has 0 aliphatic carbocycles. The van der Waals surface area contributed by atoms with Gasteiger partial charge in [0.15, 0.2) is 5.96 Å². The Hall–Kier alpha value is -0.670. The fourth-order valence-electron chi connectivity index (χ4n) is 3.45. The van der Waals surface area contributed by atoms with Crippen LogP contribution >= 0.6 is 35.3 Å². The van der Waals surface area contributed by atoms with Crippen molar-refractivity contribution in [1.82, 2.24) is 20.1 Å². The summed E-state index contributed by atoms with van der Waals surface area (Å²) in [5.41, 5.74) is 1.17. The fraction of sp³-hybridized carbons (Fsp3) is 0.647. The molecule has 24 heavy (non-hydrogen) atoms. The predicted molar refractivity (Wildman–Crippen MR) is 113 cm³/mol. The standard InChI is InChI=1S/C17H27N5S.HI/c1-13-16(23-14(2)20-13)6-8-19-17(18-3)22-11-7-15(12-22)21-9-4-5-10-21;/h4-5,15H,6-12H2,1-3H3,(H,18,19);1H. The van der Waals surface area contributed by atoms with Crippen molar-refractivity contribution in [2.75, 3.05) is 39.8 Å². The van der Waals surface area contributed by atoms with Crippen LogP contribution in [-0.2, 0) is 6.42 Å². The average Bonchev–Trinajstić information content (AvgIpc) is 3.24. The summed E-state index contributed by atoms with van der Waals surface area (Å²) < 4.78 is 0. The third-order valence-electron chi connectivity index (χ3n) is 4.67. The molecule has 1 unspecified atom stereocenters. The summed E-state index contributed by atoms with van der Waals surface area (Å²) in [6.45, 7) is 9.48. The van der Waals surface area contributed by atoms with Gasteiger partial charge in [-0.2, -0.15) is 0 Å². The van der Waals surface area contributed by atoms with Gasteiger partial charge in [-0.25, -0.2) is 4.98 Å². The zero-order chi connectivity index (χ0) is 16.2. The second-order valence-corrected chi connectivity index (χ2v) is 7.57. The quantitative estimate of drug-likeness (QED) is 0.324. The number of aliphatic imine (C=N–C) groups is 1. The van der Waals surface area contributed by atoms with Crippen LogP contribution < -0.4 is 5.32 Å². The Balaban J connectivity index is 0.00000208. The molecule has 0 amide bonds. The number of aryl methyl sites for hydroxylation is 2. The third kappa shape index (κ3) is 4.70. The zero-order valence-corrected chi connectivity index (χ0v) is 17.9. The Kier molecular flexibility index (Phi) is 7.49. The molecule has 1 aromatic heterocycles. The smallest absolute Gasteiger partial charge is 0.193 e. The third-order valence-corrected chi connectivity index (χ3v) is 5.81. The SMILES string of the molecule is CN=C(NCCc1sc(C)nc1C)N1CCC(N2CC=CC2)C1.I. The number of hydrogen-bond donors (Lipinski definition) is 1. The summed E-state index contributed by atoms with van der Waals surface area (Å²) in [7, 11) is 1.88. The minimum atomic E-state index is 0. The van der Waals surface area contributed by atoms with Crippen LogP contribution in [0.4, 0.5) is 0 Å². The van der Waals surface area contributed by atoms with E-state index < -0.39 is 0 Å². The molecule has 1 saturated heterocycles. The minimum Gasteiger partial charge on any atom is -0.356 e. The zero-order valence-electron chi connectivity index (χ0n) is 14.8. The van der Waals surface area contributed by atoms with Gasteiger partial charge in [0.1, 0.15) is 0 Å². The van der Waals surface area contributed by atoms with Crippen molar-refractivity contribution < 1.29 is 0 Å². The van der Waals surface area contributed by atoms with Crippen LogP contribution in [0.25, 0.3) is 0 Å². The molecule has 7 heteroatoms. The van der Waals surface area contributed by atoms with Crippen LogP contribution in [-0.4, -0.2) is 66.6 Å². The molecule has 134 valence electrons. The molecule has 0 aromatic carbocycles. The van der Waals surface area contributed by atoms with Gasteiger partial charge in [-0.3, -0.25) is 9.89 Å². The van der Waals surface area contributed by atoms with Crippen LogP contribution in [0.2, 0.25) is 0 Å². The van der Waals surface area contributed by atoms with Crippen molar-refractivity contribution >= 4 is 41.3 Å². The van der Waals surface area contributed by atoms with Gasteiger partial charge in [0.2, 0.25) is 0 Å². The molecular weight excluding hydrogens is 433 g/mol. The Morgan fingerprint density at radius 1 is 1.38 bits per heavy atom. The molecule has 1 aromatic rings. The van der Waals surface area contributed by atoms with E-state index in [0.717, 1.165) is 50.1 Å². The molecule has 1 N–H and O–H groups in total. The maximum Gasteiger partial charge on any atom is 0.193 e. The highest BCUT2D eigenvalue weighted by atomic mass is 127. The molecule has 2 aliphatic rings. The highest BCUT2D eigenvalue weighted by Gasteiger charge is 2.29. The lowest BCUT2D eigenvalue weighted by molar-refractivity contribution is 0.259. The summed E-state index contributed by atoms with van der Waals surface area (Å²) in [4.78, 5) is 15.3. The van der Waals surface area contributed by atoms with Crippen LogP contribution in [0.1, 0.15) is 22.0 Å². The van der Waals surface area contributed by atoms with Gasteiger partial charge in [-0.15, -0.1) is 35.3 Å². The highest BCUT2D eigenvalue weighted by Crippen LogP contribution is 2.19. The normalized spacial score (nSPS) is 21.4. The first-order chi connectivity index (χ1) is 11.2. The summed E-state index contributed by atoms with van der Waals surface area (Å²) in [6, 6.07) is 0.662. The Morgan fingerprint density at radius 2 is 2.12 bits per heavy atom. The second kappa shape index (κ2) is 9.15. The Labute approximate surface area is 166 Å². The average molecular weight is 461 g/mol. The lowest BCUT2D eigenvalue weighted by atomic mass is 10.2. The van der Waals surface area contributed by atoms with Crippen molar-refractivity contribution in [3.8, 4) is 0 Å². The van der Waals surface area contributed by atoms with Gasteiger partial charge in [0.25, 0.3) is 0 Å². The first-order valence-electron chi connectivity index (χ1n) is 8.45. The first kappa shape index (κ1) is 19.7. The fourth-order valence-corrected chi connectivity index (χ4v) is 4.39. The van der Waals surface area contributed by atoms with Gasteiger partial charge in [0, 0.05) is 57.1 Å². The van der Waals surface area contributed by atoms with Crippen molar-refractivity contribution in [2.45, 2.75) is 32.7 Å². The molecule has 0 radical (unpaired) electrons. The van der Waals surface area contributed by atoms with E-state index in [9.17, 15) is 0 Å². The van der Waals surface area contributed by atoms with E-state index in [-0.39, 0.29) is 24.0 Å². The van der Waals surface area contributed by atoms with Gasteiger partial charge < -0.3 is 10.2 Å². The predicted octanol–water partition coefficient (Wildman–Crippen LogP) is 2.44. The molecular formula is C17H28IN5S. The summed E-state index contributed by atoms with van der Waals surface area (Å²) in [5.74, 6) is 1.04. The van der Waals surface area contributed by atoms with E-state index in [1.54, 1.807) is 11.3 Å². The van der Waals surface area contributed by atoms with Crippen molar-refractivity contribution in [1.29, 1.82) is 0 Å². The number of thiazole rings is 1. The maximum atomic E-state index is 4.50. The lowest BCUT2D eigenvalue weighted by Gasteiger charge is -2.25. The molecule has 1 fully saturated rings. The van der Waals surface area contributed by atoms with E-state index in [1.165, 1.54) is 17.0 Å². The van der Waals surface area contributed by atoms with E-state index in [0.29, 0.717) is 6.04 Å². The van der Waals surface area contributed by atoms with Crippen LogP contribution in [0.15, 0.2) is 17.1 Å². The lowest BCUT2D eigenvalue weighted by Crippen LogP contribution is -2.43. The molecule has 2 aliphatic heterocycles. The van der Waals surface area contributed by atoms with E-state index >= 15 is 0 Å². The summed E-state index contributed by atoms with van der Waals surface area (Å²) in [5, 5.41) is 4.68. The Bertz CT molecular complexity index is 590. The second-order valence-electron chi connectivity index (χ2n) is 6.28. The number of hydrogen-bond acceptors (Lipinski definition) is 4. The number of guanidine groups is 1. The minimum absolute atomic E-state index is 0. The van der Waals surface area contributed by atoms with Crippen molar-refractivity contribution in [2.24, 2.45) is 4.99 Å². The van der Waals surface area contributed by atoms with Crippen LogP contribution in [0, 0.1) is 13.8 Å².